The highest BCUT2D eigenvalue weighted by Crippen LogP contribution is 2.42. The van der Waals surface area contributed by atoms with Crippen LogP contribution in [0.5, 0.6) is 11.5 Å². The first-order valence-electron chi connectivity index (χ1n) is 6.23. The van der Waals surface area contributed by atoms with Gasteiger partial charge in [0.15, 0.2) is 0 Å². The van der Waals surface area contributed by atoms with Crippen LogP contribution in [-0.4, -0.2) is 24.2 Å². The van der Waals surface area contributed by atoms with Crippen molar-refractivity contribution in [1.29, 1.82) is 0 Å². The topological polar surface area (TPSA) is 73.2 Å². The van der Waals surface area contributed by atoms with E-state index >= 15 is 0 Å². The van der Waals surface area contributed by atoms with Crippen LogP contribution in [0.4, 0.5) is 0 Å². The quantitative estimate of drug-likeness (QED) is 0.881. The maximum Gasteiger partial charge on any atom is 0.128 e. The van der Waals surface area contributed by atoms with Crippen molar-refractivity contribution in [2.45, 2.75) is 18.4 Å². The van der Waals surface area contributed by atoms with Crippen molar-refractivity contribution in [3.63, 3.8) is 0 Å². The molecule has 0 amide bonds. The number of nitrogens with zero attached hydrogens (tertiary/aromatic N) is 1. The van der Waals surface area contributed by atoms with Crippen molar-refractivity contribution in [3.8, 4) is 22.8 Å². The summed E-state index contributed by atoms with van der Waals surface area (Å²) in [5.74, 6) is 2.39. The van der Waals surface area contributed by atoms with Crippen LogP contribution in [0.15, 0.2) is 24.4 Å². The van der Waals surface area contributed by atoms with Gasteiger partial charge in [-0.15, -0.1) is 0 Å². The van der Waals surface area contributed by atoms with Crippen LogP contribution in [0.1, 0.15) is 18.7 Å². The second kappa shape index (κ2) is 4.28. The van der Waals surface area contributed by atoms with Gasteiger partial charge in [-0.3, -0.25) is 0 Å². The largest absolute Gasteiger partial charge is 0.497 e. The van der Waals surface area contributed by atoms with Gasteiger partial charge in [0.1, 0.15) is 17.3 Å². The van der Waals surface area contributed by atoms with Crippen LogP contribution in [-0.2, 0) is 5.54 Å². The molecule has 0 radical (unpaired) electrons. The number of hydrogen-bond donors (Lipinski definition) is 2. The van der Waals surface area contributed by atoms with Crippen molar-refractivity contribution < 1.29 is 9.47 Å². The van der Waals surface area contributed by atoms with Crippen LogP contribution in [0, 0.1) is 0 Å². The summed E-state index contributed by atoms with van der Waals surface area (Å²) < 4.78 is 10.6. The van der Waals surface area contributed by atoms with E-state index in [1.54, 1.807) is 20.4 Å². The number of rotatable bonds is 4. The summed E-state index contributed by atoms with van der Waals surface area (Å²) in [5.41, 5.74) is 7.69. The number of aromatic nitrogens is 2. The van der Waals surface area contributed by atoms with E-state index in [-0.39, 0.29) is 5.54 Å². The van der Waals surface area contributed by atoms with Crippen LogP contribution in [0.25, 0.3) is 11.3 Å². The average molecular weight is 259 g/mol. The molecule has 3 rings (SSSR count). The van der Waals surface area contributed by atoms with E-state index in [0.717, 1.165) is 41.4 Å². The number of aromatic amines is 1. The number of methoxy groups -OCH3 is 2. The first-order chi connectivity index (χ1) is 9.16. The molecule has 2 aromatic rings. The summed E-state index contributed by atoms with van der Waals surface area (Å²) in [6.07, 6.45) is 3.75. The predicted molar refractivity (Wildman–Crippen MR) is 72.2 cm³/mol. The molecule has 3 N–H and O–H groups in total. The van der Waals surface area contributed by atoms with E-state index < -0.39 is 0 Å². The summed E-state index contributed by atoms with van der Waals surface area (Å²) in [6, 6.07) is 5.67. The van der Waals surface area contributed by atoms with Crippen molar-refractivity contribution in [2.75, 3.05) is 14.2 Å². The molecule has 0 aliphatic heterocycles. The minimum Gasteiger partial charge on any atom is -0.497 e. The number of nitrogens with one attached hydrogen (secondary N) is 1. The number of hydrogen-bond acceptors (Lipinski definition) is 4. The summed E-state index contributed by atoms with van der Waals surface area (Å²) in [5, 5.41) is 0. The highest BCUT2D eigenvalue weighted by Gasteiger charge is 2.42. The van der Waals surface area contributed by atoms with Gasteiger partial charge in [-0.25, -0.2) is 4.98 Å². The zero-order valence-corrected chi connectivity index (χ0v) is 11.1. The molecule has 19 heavy (non-hydrogen) atoms. The third kappa shape index (κ3) is 2.06. The Morgan fingerprint density at radius 3 is 2.68 bits per heavy atom. The lowest BCUT2D eigenvalue weighted by molar-refractivity contribution is 0.404. The molecule has 5 nitrogen and oxygen atoms in total. The fraction of sp³-hybridized carbons (Fsp3) is 0.357. The Labute approximate surface area is 111 Å². The van der Waals surface area contributed by atoms with Gasteiger partial charge in [-0.05, 0) is 31.0 Å². The lowest BCUT2D eigenvalue weighted by atomic mass is 10.1. The first-order valence-corrected chi connectivity index (χ1v) is 6.23. The van der Waals surface area contributed by atoms with Crippen molar-refractivity contribution >= 4 is 0 Å². The predicted octanol–water partition coefficient (Wildman–Crippen LogP) is 2.04. The Morgan fingerprint density at radius 2 is 2.05 bits per heavy atom. The zero-order valence-electron chi connectivity index (χ0n) is 11.1. The Hall–Kier alpha value is -2.01. The highest BCUT2D eigenvalue weighted by molar-refractivity contribution is 5.69. The summed E-state index contributed by atoms with van der Waals surface area (Å²) >= 11 is 0. The molecule has 0 unspecified atom stereocenters. The van der Waals surface area contributed by atoms with E-state index in [2.05, 4.69) is 9.97 Å². The summed E-state index contributed by atoms with van der Waals surface area (Å²) in [6.45, 7) is 0. The fourth-order valence-corrected chi connectivity index (χ4v) is 2.11. The van der Waals surface area contributed by atoms with Crippen LogP contribution < -0.4 is 15.2 Å². The average Bonchev–Trinajstić information content (AvgIpc) is 3.01. The number of ether oxygens (including phenoxy) is 2. The van der Waals surface area contributed by atoms with Gasteiger partial charge in [0.25, 0.3) is 0 Å². The Bertz CT molecular complexity index is 602. The van der Waals surface area contributed by atoms with Gasteiger partial charge in [0.2, 0.25) is 0 Å². The maximum absolute atomic E-state index is 6.14. The van der Waals surface area contributed by atoms with Gasteiger partial charge in [0.05, 0.1) is 31.6 Å². The van der Waals surface area contributed by atoms with E-state index in [0.29, 0.717) is 0 Å². The number of H-pyrrole nitrogens is 1. The molecule has 0 atom stereocenters. The first kappa shape index (κ1) is 12.0. The molecule has 100 valence electrons. The molecule has 0 saturated heterocycles. The molecular weight excluding hydrogens is 242 g/mol. The molecule has 1 heterocycles. The number of imidazole rings is 1. The highest BCUT2D eigenvalue weighted by atomic mass is 16.5. The Balaban J connectivity index is 2.02. The van der Waals surface area contributed by atoms with Gasteiger partial charge < -0.3 is 20.2 Å². The van der Waals surface area contributed by atoms with E-state index in [4.69, 9.17) is 15.2 Å². The molecule has 1 aromatic heterocycles. The van der Waals surface area contributed by atoms with Crippen LogP contribution in [0.3, 0.4) is 0 Å². The fourth-order valence-electron chi connectivity index (χ4n) is 2.11. The molecule has 1 fully saturated rings. The molecule has 1 aliphatic rings. The van der Waals surface area contributed by atoms with Crippen LogP contribution >= 0.6 is 0 Å². The second-order valence-corrected chi connectivity index (χ2v) is 4.87. The summed E-state index contributed by atoms with van der Waals surface area (Å²) in [7, 11) is 3.29. The molecule has 0 spiro atoms. The SMILES string of the molecule is COc1ccc(OC)c(-c2cnc(C3(N)CC3)[nH]2)c1. The number of benzene rings is 1. The van der Waals surface area contributed by atoms with E-state index in [1.165, 1.54) is 0 Å². The van der Waals surface area contributed by atoms with Crippen molar-refractivity contribution in [1.82, 2.24) is 9.97 Å². The van der Waals surface area contributed by atoms with Crippen molar-refractivity contribution in [3.05, 3.63) is 30.2 Å². The van der Waals surface area contributed by atoms with Crippen LogP contribution in [0.2, 0.25) is 0 Å². The monoisotopic (exact) mass is 259 g/mol. The minimum atomic E-state index is -0.260. The van der Waals surface area contributed by atoms with Gasteiger partial charge >= 0.3 is 0 Å². The molecule has 5 heteroatoms. The smallest absolute Gasteiger partial charge is 0.128 e. The normalized spacial score (nSPS) is 16.2. The molecule has 1 saturated carbocycles. The maximum atomic E-state index is 6.14. The van der Waals surface area contributed by atoms with Gasteiger partial charge in [-0.2, -0.15) is 0 Å². The van der Waals surface area contributed by atoms with Gasteiger partial charge in [0, 0.05) is 5.56 Å². The lowest BCUT2D eigenvalue weighted by Gasteiger charge is -2.09. The standard InChI is InChI=1S/C14H17N3O2/c1-18-9-3-4-12(19-2)10(7-9)11-8-16-13(17-11)14(15)5-6-14/h3-4,7-8H,5-6,15H2,1-2H3,(H,16,17). The molecule has 1 aromatic carbocycles. The third-order valence-electron chi connectivity index (χ3n) is 3.53. The number of nitrogens with two attached hydrogens (primary N) is 1. The summed E-state index contributed by atoms with van der Waals surface area (Å²) in [4.78, 5) is 7.67. The Morgan fingerprint density at radius 1 is 1.26 bits per heavy atom. The lowest BCUT2D eigenvalue weighted by Crippen LogP contribution is -2.20. The molecule has 0 bridgehead atoms. The van der Waals surface area contributed by atoms with E-state index in [9.17, 15) is 0 Å². The molecular formula is C14H17N3O2. The van der Waals surface area contributed by atoms with E-state index in [1.807, 2.05) is 18.2 Å². The third-order valence-corrected chi connectivity index (χ3v) is 3.53. The van der Waals surface area contributed by atoms with Gasteiger partial charge in [-0.1, -0.05) is 0 Å². The second-order valence-electron chi connectivity index (χ2n) is 4.87. The molecule has 1 aliphatic carbocycles. The minimum absolute atomic E-state index is 0.260. The Kier molecular flexibility index (Phi) is 2.71. The zero-order chi connectivity index (χ0) is 13.5. The van der Waals surface area contributed by atoms with Crippen molar-refractivity contribution in [2.24, 2.45) is 5.73 Å².